The van der Waals surface area contributed by atoms with Gasteiger partial charge in [-0.15, -0.1) is 11.3 Å². The molecule has 7 heteroatoms. The van der Waals surface area contributed by atoms with Crippen LogP contribution < -0.4 is 17.2 Å². The van der Waals surface area contributed by atoms with Gasteiger partial charge in [-0.3, -0.25) is 0 Å². The maximum Gasteiger partial charge on any atom is 0.214 e. The molecule has 0 aliphatic heterocycles. The van der Waals surface area contributed by atoms with E-state index in [1.165, 1.54) is 11.3 Å². The zero-order valence-corrected chi connectivity index (χ0v) is 10.3. The average molecular weight is 260 g/mol. The van der Waals surface area contributed by atoms with Gasteiger partial charge in [0, 0.05) is 10.9 Å². The number of aliphatic imine (C=N–C) groups is 2. The van der Waals surface area contributed by atoms with Gasteiger partial charge in [0.25, 0.3) is 0 Å². The molecule has 0 atom stereocenters. The lowest BCUT2D eigenvalue weighted by atomic mass is 10.2. The molecule has 2 aromatic rings. The van der Waals surface area contributed by atoms with Gasteiger partial charge in [0.15, 0.2) is 11.8 Å². The Labute approximate surface area is 108 Å². The van der Waals surface area contributed by atoms with Gasteiger partial charge in [-0.2, -0.15) is 9.98 Å². The summed E-state index contributed by atoms with van der Waals surface area (Å²) < 4.78 is 0. The van der Waals surface area contributed by atoms with E-state index in [2.05, 4.69) is 15.0 Å². The minimum Gasteiger partial charge on any atom is -0.383 e. The molecule has 0 radical (unpaired) electrons. The minimum atomic E-state index is -0.0316. The average Bonchev–Trinajstić information content (AvgIpc) is 2.76. The zero-order valence-electron chi connectivity index (χ0n) is 9.45. The number of nitrogens with two attached hydrogens (primary N) is 3. The summed E-state index contributed by atoms with van der Waals surface area (Å²) in [5.41, 5.74) is 17.2. The molecule has 0 aliphatic carbocycles. The van der Waals surface area contributed by atoms with E-state index in [4.69, 9.17) is 17.2 Å². The maximum atomic E-state index is 5.87. The quantitative estimate of drug-likeness (QED) is 0.565. The van der Waals surface area contributed by atoms with E-state index in [0.29, 0.717) is 16.8 Å². The fraction of sp³-hybridized carbons (Fsp3) is 0. The normalized spacial score (nSPS) is 11.2. The number of benzene rings is 1. The monoisotopic (exact) mass is 260 g/mol. The third kappa shape index (κ3) is 3.05. The summed E-state index contributed by atoms with van der Waals surface area (Å²) in [6, 6.07) is 9.45. The van der Waals surface area contributed by atoms with E-state index < -0.39 is 0 Å². The number of thiazole rings is 1. The molecule has 1 aromatic carbocycles. The molecule has 6 N–H and O–H groups in total. The Morgan fingerprint density at radius 1 is 1.06 bits per heavy atom. The highest BCUT2D eigenvalue weighted by Gasteiger charge is 2.02. The van der Waals surface area contributed by atoms with Crippen LogP contribution >= 0.6 is 11.3 Å². The van der Waals surface area contributed by atoms with Crippen molar-refractivity contribution < 1.29 is 0 Å². The third-order valence-electron chi connectivity index (χ3n) is 2.01. The second-order valence-electron chi connectivity index (χ2n) is 3.39. The van der Waals surface area contributed by atoms with E-state index in [1.54, 1.807) is 5.38 Å². The second kappa shape index (κ2) is 5.28. The lowest BCUT2D eigenvalue weighted by Gasteiger charge is -1.97. The van der Waals surface area contributed by atoms with Crippen LogP contribution in [0.25, 0.3) is 0 Å². The summed E-state index contributed by atoms with van der Waals surface area (Å²) in [5.74, 6) is 0.856. The number of hydrogen-bond donors (Lipinski definition) is 3. The number of nitrogens with zero attached hydrogens (tertiary/aromatic N) is 3. The molecule has 0 aliphatic rings. The molecule has 0 unspecified atom stereocenters. The van der Waals surface area contributed by atoms with E-state index in [1.807, 2.05) is 30.3 Å². The van der Waals surface area contributed by atoms with Gasteiger partial charge in [0.1, 0.15) is 5.84 Å². The highest BCUT2D eigenvalue weighted by atomic mass is 32.1. The molecule has 0 spiro atoms. The van der Waals surface area contributed by atoms with E-state index >= 15 is 0 Å². The Bertz CT molecular complexity index is 583. The Morgan fingerprint density at radius 2 is 1.78 bits per heavy atom. The molecule has 92 valence electrons. The van der Waals surface area contributed by atoms with Crippen molar-refractivity contribution >= 4 is 34.1 Å². The molecular formula is C11H12N6S. The van der Waals surface area contributed by atoms with Crippen molar-refractivity contribution in [1.82, 2.24) is 4.98 Å². The molecule has 1 aromatic heterocycles. The highest BCUT2D eigenvalue weighted by molar-refractivity contribution is 7.13. The Kier molecular flexibility index (Phi) is 3.54. The van der Waals surface area contributed by atoms with Crippen LogP contribution in [0.3, 0.4) is 0 Å². The van der Waals surface area contributed by atoms with Crippen LogP contribution in [0.4, 0.5) is 10.9 Å². The number of aromatic nitrogens is 1. The van der Waals surface area contributed by atoms with Crippen LogP contribution in [0.2, 0.25) is 0 Å². The fourth-order valence-electron chi connectivity index (χ4n) is 1.27. The van der Waals surface area contributed by atoms with Gasteiger partial charge in [-0.1, -0.05) is 30.3 Å². The molecule has 2 rings (SSSR count). The van der Waals surface area contributed by atoms with Crippen LogP contribution in [0.5, 0.6) is 0 Å². The SMILES string of the molecule is NC(N)=Nc1nc(N=C(N)c2ccccc2)cs1. The third-order valence-corrected chi connectivity index (χ3v) is 2.73. The first kappa shape index (κ1) is 12.1. The largest absolute Gasteiger partial charge is 0.383 e. The van der Waals surface area contributed by atoms with Crippen molar-refractivity contribution in [3.63, 3.8) is 0 Å². The molecule has 0 amide bonds. The van der Waals surface area contributed by atoms with Gasteiger partial charge in [0.2, 0.25) is 5.13 Å². The molecule has 0 saturated heterocycles. The molecule has 18 heavy (non-hydrogen) atoms. The lowest BCUT2D eigenvalue weighted by molar-refractivity contribution is 1.28. The first-order chi connectivity index (χ1) is 8.65. The van der Waals surface area contributed by atoms with Crippen molar-refractivity contribution in [2.45, 2.75) is 0 Å². The minimum absolute atomic E-state index is 0.0316. The van der Waals surface area contributed by atoms with E-state index in [0.717, 1.165) is 5.56 Å². The molecule has 0 bridgehead atoms. The topological polar surface area (TPSA) is 116 Å². The van der Waals surface area contributed by atoms with Crippen molar-refractivity contribution in [2.75, 3.05) is 0 Å². The molecule has 0 saturated carbocycles. The first-order valence-electron chi connectivity index (χ1n) is 5.10. The second-order valence-corrected chi connectivity index (χ2v) is 4.22. The number of hydrogen-bond acceptors (Lipinski definition) is 4. The van der Waals surface area contributed by atoms with Crippen LogP contribution in [-0.2, 0) is 0 Å². The Hall–Kier alpha value is -2.41. The van der Waals surface area contributed by atoms with Crippen LogP contribution in [0, 0.1) is 0 Å². The lowest BCUT2D eigenvalue weighted by Crippen LogP contribution is -2.21. The van der Waals surface area contributed by atoms with Crippen LogP contribution in [-0.4, -0.2) is 16.8 Å². The molecule has 0 fully saturated rings. The van der Waals surface area contributed by atoms with Crippen molar-refractivity contribution in [3.8, 4) is 0 Å². The molecule has 1 heterocycles. The Morgan fingerprint density at radius 3 is 2.44 bits per heavy atom. The zero-order chi connectivity index (χ0) is 13.0. The van der Waals surface area contributed by atoms with E-state index in [9.17, 15) is 0 Å². The van der Waals surface area contributed by atoms with Crippen LogP contribution in [0.15, 0.2) is 45.7 Å². The summed E-state index contributed by atoms with van der Waals surface area (Å²) in [5, 5.41) is 2.19. The summed E-state index contributed by atoms with van der Waals surface area (Å²) in [6.45, 7) is 0. The van der Waals surface area contributed by atoms with Gasteiger partial charge < -0.3 is 17.2 Å². The first-order valence-corrected chi connectivity index (χ1v) is 5.98. The highest BCUT2D eigenvalue weighted by Crippen LogP contribution is 2.24. The summed E-state index contributed by atoms with van der Waals surface area (Å²) >= 11 is 1.29. The summed E-state index contributed by atoms with van der Waals surface area (Å²) in [7, 11) is 0. The Balaban J connectivity index is 2.23. The standard InChI is InChI=1S/C11H12N6S/c12-9(7-4-2-1-3-5-7)15-8-6-18-11(16-8)17-10(13)14/h1-6H,(H2,12,15)(H4,13,14,16,17). The predicted molar refractivity (Wildman–Crippen MR) is 74.4 cm³/mol. The maximum absolute atomic E-state index is 5.87. The molecular weight excluding hydrogens is 248 g/mol. The smallest absolute Gasteiger partial charge is 0.214 e. The van der Waals surface area contributed by atoms with Crippen molar-refractivity contribution in [2.24, 2.45) is 27.2 Å². The summed E-state index contributed by atoms with van der Waals surface area (Å²) in [4.78, 5) is 12.1. The van der Waals surface area contributed by atoms with Gasteiger partial charge >= 0.3 is 0 Å². The predicted octanol–water partition coefficient (Wildman–Crippen LogP) is 1.09. The fourth-order valence-corrected chi connectivity index (χ4v) is 1.89. The summed E-state index contributed by atoms with van der Waals surface area (Å²) in [6.07, 6.45) is 0. The molecule has 6 nitrogen and oxygen atoms in total. The van der Waals surface area contributed by atoms with Gasteiger partial charge in [-0.25, -0.2) is 4.99 Å². The van der Waals surface area contributed by atoms with Crippen LogP contribution in [0.1, 0.15) is 5.56 Å². The van der Waals surface area contributed by atoms with Gasteiger partial charge in [-0.05, 0) is 0 Å². The van der Waals surface area contributed by atoms with Gasteiger partial charge in [0.05, 0.1) is 0 Å². The number of rotatable bonds is 3. The van der Waals surface area contributed by atoms with Crippen molar-refractivity contribution in [1.29, 1.82) is 0 Å². The number of guanidine groups is 1. The van der Waals surface area contributed by atoms with Crippen molar-refractivity contribution in [3.05, 3.63) is 41.3 Å². The number of amidine groups is 1. The van der Waals surface area contributed by atoms with E-state index in [-0.39, 0.29) is 5.96 Å².